The van der Waals surface area contributed by atoms with Crippen LogP contribution in [0, 0.1) is 5.92 Å². The Bertz CT molecular complexity index is 264. The summed E-state index contributed by atoms with van der Waals surface area (Å²) in [6.07, 6.45) is 6.04. The Morgan fingerprint density at radius 1 is 1.30 bits per heavy atom. The number of carbonyl (C=O) groups excluding carboxylic acids is 2. The molecule has 0 rings (SSSR count). The number of esters is 1. The van der Waals surface area contributed by atoms with Crippen molar-refractivity contribution in [2.75, 3.05) is 38.3 Å². The zero-order valence-electron chi connectivity index (χ0n) is 12.5. The first kappa shape index (κ1) is 19.2. The third-order valence-electron chi connectivity index (χ3n) is 2.91. The van der Waals surface area contributed by atoms with E-state index in [-0.39, 0.29) is 18.5 Å². The summed E-state index contributed by atoms with van der Waals surface area (Å²) in [5.74, 6) is 0.615. The summed E-state index contributed by atoms with van der Waals surface area (Å²) in [4.78, 5) is 23.9. The van der Waals surface area contributed by atoms with E-state index in [1.807, 2.05) is 13.2 Å². The second-order valence-corrected chi connectivity index (χ2v) is 5.71. The van der Waals surface area contributed by atoms with Gasteiger partial charge in [0.15, 0.2) is 0 Å². The minimum atomic E-state index is -0.128. The molecule has 0 aliphatic carbocycles. The second kappa shape index (κ2) is 13.2. The quantitative estimate of drug-likeness (QED) is 0.318. The largest absolute Gasteiger partial charge is 0.465 e. The standard InChI is InChI=1S/C14H27NO4S/c1-13(11-20-2)14(18)19-10-5-3-4-7-15(12-17)8-6-9-16/h12-13,16H,3-11H2,1-2H3. The predicted octanol–water partition coefficient (Wildman–Crippen LogP) is 1.54. The number of hydrogen-bond donors (Lipinski definition) is 1. The van der Waals surface area contributed by atoms with Gasteiger partial charge in [0.1, 0.15) is 0 Å². The molecule has 1 atom stereocenters. The van der Waals surface area contributed by atoms with Gasteiger partial charge in [-0.2, -0.15) is 11.8 Å². The van der Waals surface area contributed by atoms with Crippen molar-refractivity contribution < 1.29 is 19.4 Å². The normalized spacial score (nSPS) is 11.9. The molecule has 1 unspecified atom stereocenters. The van der Waals surface area contributed by atoms with E-state index in [0.717, 1.165) is 31.4 Å². The second-order valence-electron chi connectivity index (χ2n) is 4.80. The van der Waals surface area contributed by atoms with Crippen LogP contribution in [-0.4, -0.2) is 60.7 Å². The molecule has 0 aromatic rings. The minimum absolute atomic E-state index is 0.0472. The highest BCUT2D eigenvalue weighted by Crippen LogP contribution is 2.07. The molecular weight excluding hydrogens is 278 g/mol. The lowest BCUT2D eigenvalue weighted by molar-refractivity contribution is -0.147. The van der Waals surface area contributed by atoms with E-state index in [1.54, 1.807) is 16.7 Å². The van der Waals surface area contributed by atoms with Crippen LogP contribution in [0.25, 0.3) is 0 Å². The van der Waals surface area contributed by atoms with Crippen molar-refractivity contribution in [3.05, 3.63) is 0 Å². The SMILES string of the molecule is CSCC(C)C(=O)OCCCCCN(C=O)CCCO. The summed E-state index contributed by atoms with van der Waals surface area (Å²) in [7, 11) is 0. The van der Waals surface area contributed by atoms with Gasteiger partial charge in [-0.3, -0.25) is 9.59 Å². The number of aliphatic hydroxyl groups excluding tert-OH is 1. The fraction of sp³-hybridized carbons (Fsp3) is 0.857. The maximum absolute atomic E-state index is 11.5. The van der Waals surface area contributed by atoms with Gasteiger partial charge in [0.2, 0.25) is 6.41 Å². The van der Waals surface area contributed by atoms with Gasteiger partial charge < -0.3 is 14.7 Å². The van der Waals surface area contributed by atoms with Crippen LogP contribution in [0.2, 0.25) is 0 Å². The monoisotopic (exact) mass is 305 g/mol. The molecular formula is C14H27NO4S. The highest BCUT2D eigenvalue weighted by Gasteiger charge is 2.12. The maximum atomic E-state index is 11.5. The van der Waals surface area contributed by atoms with Gasteiger partial charge in [0, 0.05) is 25.4 Å². The number of nitrogens with zero attached hydrogens (tertiary/aromatic N) is 1. The Kier molecular flexibility index (Phi) is 12.7. The summed E-state index contributed by atoms with van der Waals surface area (Å²) in [5, 5.41) is 8.69. The Labute approximate surface area is 126 Å². The van der Waals surface area contributed by atoms with Crippen molar-refractivity contribution in [1.29, 1.82) is 0 Å². The smallest absolute Gasteiger partial charge is 0.309 e. The van der Waals surface area contributed by atoms with Crippen molar-refractivity contribution in [3.63, 3.8) is 0 Å². The van der Waals surface area contributed by atoms with Crippen molar-refractivity contribution >= 4 is 24.1 Å². The molecule has 0 aromatic heterocycles. The Hall–Kier alpha value is -0.750. The number of unbranched alkanes of at least 4 members (excludes halogenated alkanes) is 2. The van der Waals surface area contributed by atoms with Crippen LogP contribution in [0.3, 0.4) is 0 Å². The molecule has 0 spiro atoms. The van der Waals surface area contributed by atoms with Gasteiger partial charge in [0.05, 0.1) is 12.5 Å². The average Bonchev–Trinajstić information content (AvgIpc) is 2.45. The number of thioether (sulfide) groups is 1. The Morgan fingerprint density at radius 2 is 2.00 bits per heavy atom. The first-order valence-corrected chi connectivity index (χ1v) is 8.50. The lowest BCUT2D eigenvalue weighted by Crippen LogP contribution is -2.25. The third-order valence-corrected chi connectivity index (χ3v) is 3.74. The van der Waals surface area contributed by atoms with Crippen LogP contribution in [-0.2, 0) is 14.3 Å². The fourth-order valence-corrected chi connectivity index (χ4v) is 2.35. The first-order valence-electron chi connectivity index (χ1n) is 7.11. The number of ether oxygens (including phenoxy) is 1. The van der Waals surface area contributed by atoms with Crippen LogP contribution < -0.4 is 0 Å². The summed E-state index contributed by atoms with van der Waals surface area (Å²) >= 11 is 1.64. The number of carbonyl (C=O) groups is 2. The van der Waals surface area contributed by atoms with Crippen LogP contribution in [0.1, 0.15) is 32.6 Å². The molecule has 1 N–H and O–H groups in total. The van der Waals surface area contributed by atoms with E-state index < -0.39 is 0 Å². The predicted molar refractivity (Wildman–Crippen MR) is 81.7 cm³/mol. The molecule has 0 radical (unpaired) electrons. The van der Waals surface area contributed by atoms with Crippen molar-refractivity contribution in [2.45, 2.75) is 32.6 Å². The highest BCUT2D eigenvalue weighted by molar-refractivity contribution is 7.98. The van der Waals surface area contributed by atoms with Crippen LogP contribution in [0.4, 0.5) is 0 Å². The average molecular weight is 305 g/mol. The van der Waals surface area contributed by atoms with E-state index in [0.29, 0.717) is 26.1 Å². The summed E-state index contributed by atoms with van der Waals surface area (Å²) in [6, 6.07) is 0. The van der Waals surface area contributed by atoms with Crippen LogP contribution in [0.5, 0.6) is 0 Å². The number of rotatable bonds is 13. The van der Waals surface area contributed by atoms with Gasteiger partial charge in [-0.05, 0) is 31.9 Å². The summed E-state index contributed by atoms with van der Waals surface area (Å²) < 4.78 is 5.19. The zero-order valence-corrected chi connectivity index (χ0v) is 13.4. The molecule has 0 saturated carbocycles. The molecule has 5 nitrogen and oxygen atoms in total. The third kappa shape index (κ3) is 10.1. The van der Waals surface area contributed by atoms with E-state index in [2.05, 4.69) is 0 Å². The molecule has 0 saturated heterocycles. The Balaban J connectivity index is 3.52. The topological polar surface area (TPSA) is 66.8 Å². The van der Waals surface area contributed by atoms with Crippen molar-refractivity contribution in [1.82, 2.24) is 4.90 Å². The molecule has 0 aliphatic rings. The van der Waals surface area contributed by atoms with Gasteiger partial charge in [-0.25, -0.2) is 0 Å². The van der Waals surface area contributed by atoms with Gasteiger partial charge in [-0.15, -0.1) is 0 Å². The highest BCUT2D eigenvalue weighted by atomic mass is 32.2. The molecule has 0 bridgehead atoms. The lowest BCUT2D eigenvalue weighted by Gasteiger charge is -2.16. The summed E-state index contributed by atoms with van der Waals surface area (Å²) in [6.45, 7) is 3.73. The lowest BCUT2D eigenvalue weighted by atomic mass is 10.2. The number of aliphatic hydroxyl groups is 1. The minimum Gasteiger partial charge on any atom is -0.465 e. The Morgan fingerprint density at radius 3 is 2.60 bits per heavy atom. The molecule has 6 heteroatoms. The van der Waals surface area contributed by atoms with E-state index in [4.69, 9.17) is 9.84 Å². The molecule has 0 aliphatic heterocycles. The molecule has 0 aromatic carbocycles. The molecule has 1 amide bonds. The van der Waals surface area contributed by atoms with Crippen LogP contribution >= 0.6 is 11.8 Å². The van der Waals surface area contributed by atoms with Gasteiger partial charge in [-0.1, -0.05) is 6.92 Å². The summed E-state index contributed by atoms with van der Waals surface area (Å²) in [5.41, 5.74) is 0. The molecule has 20 heavy (non-hydrogen) atoms. The van der Waals surface area contributed by atoms with Gasteiger partial charge >= 0.3 is 5.97 Å². The van der Waals surface area contributed by atoms with Crippen molar-refractivity contribution in [2.24, 2.45) is 5.92 Å². The number of amides is 1. The zero-order chi connectivity index (χ0) is 15.2. The van der Waals surface area contributed by atoms with E-state index in [1.165, 1.54) is 0 Å². The van der Waals surface area contributed by atoms with Crippen molar-refractivity contribution in [3.8, 4) is 0 Å². The molecule has 0 fully saturated rings. The van der Waals surface area contributed by atoms with E-state index >= 15 is 0 Å². The number of hydrogen-bond acceptors (Lipinski definition) is 5. The first-order chi connectivity index (χ1) is 9.65. The van der Waals surface area contributed by atoms with Gasteiger partial charge in [0.25, 0.3) is 0 Å². The molecule has 0 heterocycles. The maximum Gasteiger partial charge on any atom is 0.309 e. The van der Waals surface area contributed by atoms with Crippen LogP contribution in [0.15, 0.2) is 0 Å². The molecule has 118 valence electrons. The van der Waals surface area contributed by atoms with E-state index in [9.17, 15) is 9.59 Å². The fourth-order valence-electron chi connectivity index (χ4n) is 1.72.